The Morgan fingerprint density at radius 2 is 1.58 bits per heavy atom. The molecule has 2 aliphatic rings. The second-order valence-electron chi connectivity index (χ2n) is 7.61. The summed E-state index contributed by atoms with van der Waals surface area (Å²) in [6, 6.07) is 11.1. The molecule has 1 heterocycles. The molecular weight excluding hydrogens is 461 g/mol. The molecule has 0 atom stereocenters. The molecule has 0 aromatic heterocycles. The number of halogens is 2. The number of sulfonamides is 1. The molecule has 0 radical (unpaired) electrons. The molecule has 7 nitrogen and oxygen atoms in total. The fourth-order valence-corrected chi connectivity index (χ4v) is 5.57. The Kier molecular flexibility index (Phi) is 6.25. The van der Waals surface area contributed by atoms with Crippen LogP contribution in [-0.4, -0.2) is 55.6 Å². The van der Waals surface area contributed by atoms with E-state index < -0.39 is 10.0 Å². The van der Waals surface area contributed by atoms with E-state index >= 15 is 0 Å². The first-order chi connectivity index (χ1) is 14.8. The van der Waals surface area contributed by atoms with Crippen molar-refractivity contribution < 1.29 is 18.0 Å². The summed E-state index contributed by atoms with van der Waals surface area (Å²) in [6.45, 7) is 0.839. The van der Waals surface area contributed by atoms with Crippen molar-refractivity contribution in [2.45, 2.75) is 17.7 Å². The lowest BCUT2D eigenvalue weighted by Crippen LogP contribution is -2.50. The summed E-state index contributed by atoms with van der Waals surface area (Å²) in [5, 5.41) is 3.23. The third kappa shape index (κ3) is 4.87. The van der Waals surface area contributed by atoms with Crippen LogP contribution >= 0.6 is 23.2 Å². The maximum absolute atomic E-state index is 12.9. The van der Waals surface area contributed by atoms with E-state index in [2.05, 4.69) is 5.32 Å². The van der Waals surface area contributed by atoms with Crippen molar-refractivity contribution in [3.63, 3.8) is 0 Å². The molecule has 31 heavy (non-hydrogen) atoms. The molecule has 1 saturated heterocycles. The van der Waals surface area contributed by atoms with E-state index in [9.17, 15) is 18.0 Å². The van der Waals surface area contributed by atoms with E-state index in [1.54, 1.807) is 29.2 Å². The number of anilines is 1. The highest BCUT2D eigenvalue weighted by Crippen LogP contribution is 2.30. The van der Waals surface area contributed by atoms with Gasteiger partial charge in [-0.1, -0.05) is 23.2 Å². The van der Waals surface area contributed by atoms with Crippen molar-refractivity contribution in [1.82, 2.24) is 9.21 Å². The van der Waals surface area contributed by atoms with Gasteiger partial charge < -0.3 is 10.2 Å². The average Bonchev–Trinajstić information content (AvgIpc) is 3.61. The van der Waals surface area contributed by atoms with Gasteiger partial charge in [0.25, 0.3) is 5.91 Å². The topological polar surface area (TPSA) is 86.8 Å². The summed E-state index contributed by atoms with van der Waals surface area (Å²) in [5.41, 5.74) is 1.14. The van der Waals surface area contributed by atoms with Gasteiger partial charge in [-0.3, -0.25) is 9.59 Å². The fraction of sp³-hybridized carbons (Fsp3) is 0.333. The van der Waals surface area contributed by atoms with Crippen LogP contribution in [0.4, 0.5) is 5.69 Å². The zero-order valence-electron chi connectivity index (χ0n) is 16.6. The number of rotatable bonds is 5. The van der Waals surface area contributed by atoms with Gasteiger partial charge in [0.2, 0.25) is 15.9 Å². The van der Waals surface area contributed by atoms with Crippen LogP contribution < -0.4 is 5.32 Å². The van der Waals surface area contributed by atoms with E-state index in [1.807, 2.05) is 0 Å². The van der Waals surface area contributed by atoms with Gasteiger partial charge >= 0.3 is 0 Å². The van der Waals surface area contributed by atoms with Crippen molar-refractivity contribution >= 4 is 50.7 Å². The molecule has 10 heteroatoms. The van der Waals surface area contributed by atoms with Gasteiger partial charge in [0, 0.05) is 48.4 Å². The Morgan fingerprint density at radius 3 is 2.19 bits per heavy atom. The molecule has 2 aromatic rings. The quantitative estimate of drug-likeness (QED) is 0.707. The van der Waals surface area contributed by atoms with Gasteiger partial charge in [0.15, 0.2) is 0 Å². The molecule has 0 bridgehead atoms. The average molecular weight is 482 g/mol. The lowest BCUT2D eigenvalue weighted by atomic mass is 10.1. The Balaban J connectivity index is 1.38. The second-order valence-corrected chi connectivity index (χ2v) is 10.4. The Bertz CT molecular complexity index is 1110. The third-order valence-corrected chi connectivity index (χ3v) is 8.00. The van der Waals surface area contributed by atoms with Crippen molar-refractivity contribution in [3.8, 4) is 0 Å². The predicted octanol–water partition coefficient (Wildman–Crippen LogP) is 3.49. The fourth-order valence-electron chi connectivity index (χ4n) is 3.41. The number of benzene rings is 2. The first-order valence-corrected chi connectivity index (χ1v) is 12.1. The van der Waals surface area contributed by atoms with Crippen LogP contribution in [0.15, 0.2) is 47.4 Å². The number of nitrogens with one attached hydrogen (secondary N) is 1. The molecular formula is C21H21Cl2N3O4S. The lowest BCUT2D eigenvalue weighted by molar-refractivity contribution is -0.117. The number of piperazine rings is 1. The highest BCUT2D eigenvalue weighted by Gasteiger charge is 2.32. The molecule has 1 N–H and O–H groups in total. The monoisotopic (exact) mass is 481 g/mol. The van der Waals surface area contributed by atoms with Crippen LogP contribution in [0.25, 0.3) is 0 Å². The van der Waals surface area contributed by atoms with Crippen LogP contribution in [0.1, 0.15) is 23.2 Å². The standard InChI is InChI=1S/C21H21Cl2N3O4S/c22-16-5-8-18(23)19(13-16)31(29,30)26-11-9-25(10-12-26)21(28)15-3-6-17(7-4-15)24-20(27)14-1-2-14/h3-8,13-14H,1-2,9-12H2,(H,24,27). The van der Waals surface area contributed by atoms with Crippen molar-refractivity contribution in [1.29, 1.82) is 0 Å². The van der Waals surface area contributed by atoms with Gasteiger partial charge in [-0.15, -0.1) is 0 Å². The Morgan fingerprint density at radius 1 is 0.935 bits per heavy atom. The normalized spacial score (nSPS) is 17.4. The maximum atomic E-state index is 12.9. The second kappa shape index (κ2) is 8.78. The SMILES string of the molecule is O=C(Nc1ccc(C(=O)N2CCN(S(=O)(=O)c3cc(Cl)ccc3Cl)CC2)cc1)C1CC1. The minimum absolute atomic E-state index is 0.0104. The molecule has 2 fully saturated rings. The van der Waals surface area contributed by atoms with Crippen molar-refractivity contribution in [2.75, 3.05) is 31.5 Å². The number of hydrogen-bond acceptors (Lipinski definition) is 4. The van der Waals surface area contributed by atoms with Crippen molar-refractivity contribution in [3.05, 3.63) is 58.1 Å². The molecule has 1 saturated carbocycles. The molecule has 1 aliphatic carbocycles. The molecule has 164 valence electrons. The predicted molar refractivity (Wildman–Crippen MR) is 119 cm³/mol. The van der Waals surface area contributed by atoms with E-state index in [0.717, 1.165) is 12.8 Å². The smallest absolute Gasteiger partial charge is 0.253 e. The number of carbonyl (C=O) groups is 2. The van der Waals surface area contributed by atoms with Crippen LogP contribution in [0.3, 0.4) is 0 Å². The number of hydrogen-bond donors (Lipinski definition) is 1. The Labute approximate surface area is 191 Å². The first-order valence-electron chi connectivity index (χ1n) is 9.91. The highest BCUT2D eigenvalue weighted by atomic mass is 35.5. The van der Waals surface area contributed by atoms with Crippen LogP contribution in [0, 0.1) is 5.92 Å². The summed E-state index contributed by atoms with van der Waals surface area (Å²) in [6.07, 6.45) is 1.85. The first kappa shape index (κ1) is 22.1. The summed E-state index contributed by atoms with van der Waals surface area (Å²) >= 11 is 12.0. The van der Waals surface area contributed by atoms with Gasteiger partial charge in [-0.05, 0) is 55.3 Å². The van der Waals surface area contributed by atoms with Crippen LogP contribution in [0.5, 0.6) is 0 Å². The minimum Gasteiger partial charge on any atom is -0.336 e. The van der Waals surface area contributed by atoms with E-state index in [1.165, 1.54) is 22.5 Å². The molecule has 2 aromatic carbocycles. The maximum Gasteiger partial charge on any atom is 0.253 e. The van der Waals surface area contributed by atoms with Crippen LogP contribution in [0.2, 0.25) is 10.0 Å². The zero-order valence-corrected chi connectivity index (χ0v) is 18.9. The van der Waals surface area contributed by atoms with E-state index in [4.69, 9.17) is 23.2 Å². The third-order valence-electron chi connectivity index (χ3n) is 5.38. The summed E-state index contributed by atoms with van der Waals surface area (Å²) in [7, 11) is -3.81. The van der Waals surface area contributed by atoms with Gasteiger partial charge in [0.1, 0.15) is 4.90 Å². The largest absolute Gasteiger partial charge is 0.336 e. The molecule has 4 rings (SSSR count). The number of nitrogens with zero attached hydrogens (tertiary/aromatic N) is 2. The van der Waals surface area contributed by atoms with E-state index in [-0.39, 0.29) is 58.9 Å². The minimum atomic E-state index is -3.81. The van der Waals surface area contributed by atoms with Gasteiger partial charge in [-0.2, -0.15) is 4.31 Å². The zero-order chi connectivity index (χ0) is 22.2. The van der Waals surface area contributed by atoms with Gasteiger partial charge in [-0.25, -0.2) is 8.42 Å². The van der Waals surface area contributed by atoms with Crippen molar-refractivity contribution in [2.24, 2.45) is 5.92 Å². The molecule has 2 amide bonds. The number of carbonyl (C=O) groups excluding carboxylic acids is 2. The highest BCUT2D eigenvalue weighted by molar-refractivity contribution is 7.89. The lowest BCUT2D eigenvalue weighted by Gasteiger charge is -2.34. The molecule has 0 spiro atoms. The molecule has 0 unspecified atom stereocenters. The molecule has 1 aliphatic heterocycles. The number of amides is 2. The summed E-state index contributed by atoms with van der Waals surface area (Å²) in [4.78, 5) is 26.2. The summed E-state index contributed by atoms with van der Waals surface area (Å²) in [5.74, 6) is -0.0650. The summed E-state index contributed by atoms with van der Waals surface area (Å²) < 4.78 is 27.2. The van der Waals surface area contributed by atoms with Gasteiger partial charge in [0.05, 0.1) is 5.02 Å². The Hall–Kier alpha value is -2.13. The van der Waals surface area contributed by atoms with E-state index in [0.29, 0.717) is 11.3 Å². The van der Waals surface area contributed by atoms with Crippen LogP contribution in [-0.2, 0) is 14.8 Å².